The molecule has 0 atom stereocenters. The minimum Gasteiger partial charge on any atom is -0.508 e. The highest BCUT2D eigenvalue weighted by molar-refractivity contribution is 6.33. The molecule has 122 valence electrons. The Morgan fingerprint density at radius 2 is 1.96 bits per heavy atom. The molecule has 0 spiro atoms. The first kappa shape index (κ1) is 17.3. The van der Waals surface area contributed by atoms with Crippen LogP contribution in [0.4, 0.5) is 0 Å². The molecule has 0 unspecified atom stereocenters. The van der Waals surface area contributed by atoms with Gasteiger partial charge in [0.25, 0.3) is 11.5 Å². The van der Waals surface area contributed by atoms with Crippen LogP contribution in [-0.4, -0.2) is 43.6 Å². The van der Waals surface area contributed by atoms with E-state index in [1.807, 2.05) is 0 Å². The lowest BCUT2D eigenvalue weighted by atomic mass is 9.96. The van der Waals surface area contributed by atoms with Crippen molar-refractivity contribution in [3.05, 3.63) is 51.4 Å². The maximum absolute atomic E-state index is 12.4. The first-order valence-corrected chi connectivity index (χ1v) is 6.97. The second kappa shape index (κ2) is 6.61. The van der Waals surface area contributed by atoms with E-state index in [4.69, 9.17) is 12.6 Å². The van der Waals surface area contributed by atoms with Gasteiger partial charge in [-0.2, -0.15) is 0 Å². The highest BCUT2D eigenvalue weighted by Crippen LogP contribution is 2.19. The van der Waals surface area contributed by atoms with E-state index >= 15 is 0 Å². The van der Waals surface area contributed by atoms with E-state index in [0.717, 1.165) is 4.57 Å². The molecule has 2 N–H and O–H groups in total. The maximum atomic E-state index is 12.4. The van der Waals surface area contributed by atoms with E-state index in [1.54, 1.807) is 6.92 Å². The molecule has 0 bridgehead atoms. The van der Waals surface area contributed by atoms with Gasteiger partial charge in [-0.25, -0.2) is 4.79 Å². The van der Waals surface area contributed by atoms with Gasteiger partial charge in [0.05, 0.1) is 18.4 Å². The number of aryl methyl sites for hydroxylation is 1. The number of pyridine rings is 1. The van der Waals surface area contributed by atoms with Crippen molar-refractivity contribution in [1.82, 2.24) is 9.88 Å². The van der Waals surface area contributed by atoms with Crippen LogP contribution in [0, 0.1) is 6.92 Å². The number of esters is 1. The third-order valence-corrected chi connectivity index (χ3v) is 3.54. The molecule has 1 aromatic carbocycles. The van der Waals surface area contributed by atoms with Crippen molar-refractivity contribution in [2.45, 2.75) is 6.92 Å². The number of hydrogen-bond donors (Lipinski definition) is 2. The summed E-state index contributed by atoms with van der Waals surface area (Å²) in [4.78, 5) is 36.3. The van der Waals surface area contributed by atoms with Crippen molar-refractivity contribution in [1.29, 1.82) is 0 Å². The van der Waals surface area contributed by atoms with Gasteiger partial charge in [0, 0.05) is 23.8 Å². The Hall–Kier alpha value is -3.03. The molecular formula is C16H15BN2O5. The van der Waals surface area contributed by atoms with E-state index in [0.29, 0.717) is 5.69 Å². The Kier molecular flexibility index (Phi) is 4.78. The van der Waals surface area contributed by atoms with Gasteiger partial charge >= 0.3 is 5.97 Å². The van der Waals surface area contributed by atoms with Crippen molar-refractivity contribution in [3.8, 4) is 11.4 Å². The lowest BCUT2D eigenvalue weighted by Gasteiger charge is -2.16. The lowest BCUT2D eigenvalue weighted by molar-refractivity contribution is 0.0600. The number of nitrogens with one attached hydrogen (secondary N) is 1. The van der Waals surface area contributed by atoms with Crippen molar-refractivity contribution < 1.29 is 19.4 Å². The largest absolute Gasteiger partial charge is 0.508 e. The molecule has 8 heteroatoms. The Morgan fingerprint density at radius 3 is 2.54 bits per heavy atom. The van der Waals surface area contributed by atoms with Crippen molar-refractivity contribution in [2.75, 3.05) is 14.2 Å². The quantitative estimate of drug-likeness (QED) is 0.601. The number of rotatable bonds is 3. The van der Waals surface area contributed by atoms with Crippen LogP contribution in [0.15, 0.2) is 29.1 Å². The van der Waals surface area contributed by atoms with Gasteiger partial charge in [0.2, 0.25) is 0 Å². The van der Waals surface area contributed by atoms with Crippen LogP contribution in [0.25, 0.3) is 5.69 Å². The molecule has 7 nitrogen and oxygen atoms in total. The molecule has 1 aromatic heterocycles. The number of amides is 1. The van der Waals surface area contributed by atoms with Crippen LogP contribution in [0.2, 0.25) is 0 Å². The monoisotopic (exact) mass is 326 g/mol. The third kappa shape index (κ3) is 2.90. The number of ether oxygens (including phenoxy) is 1. The molecule has 2 radical (unpaired) electrons. The number of hydrogen-bond acceptors (Lipinski definition) is 5. The van der Waals surface area contributed by atoms with Crippen LogP contribution >= 0.6 is 0 Å². The molecule has 24 heavy (non-hydrogen) atoms. The summed E-state index contributed by atoms with van der Waals surface area (Å²) in [6.45, 7) is 1.56. The average molecular weight is 326 g/mol. The predicted octanol–water partition coefficient (Wildman–Crippen LogP) is -0.208. The first-order chi connectivity index (χ1) is 11.3. The molecule has 2 rings (SSSR count). The average Bonchev–Trinajstić information content (AvgIpc) is 2.58. The number of methoxy groups -OCH3 is 1. The van der Waals surface area contributed by atoms with Crippen LogP contribution in [0.3, 0.4) is 0 Å². The van der Waals surface area contributed by atoms with Crippen LogP contribution in [-0.2, 0) is 4.74 Å². The lowest BCUT2D eigenvalue weighted by Crippen LogP contribution is -2.35. The Morgan fingerprint density at radius 1 is 1.29 bits per heavy atom. The summed E-state index contributed by atoms with van der Waals surface area (Å²) in [5.41, 5.74) is -0.255. The zero-order valence-electron chi connectivity index (χ0n) is 13.4. The standard InChI is InChI=1S/C16H15BN2O5/c1-8-6-12(20)13(17)15(22)19(8)11-7-9(14(21)18-2)4-5-10(11)16(23)24-3/h4-7,20H,1-3H3,(H,18,21). The second-order valence-electron chi connectivity index (χ2n) is 5.03. The van der Waals surface area contributed by atoms with Gasteiger partial charge in [0.15, 0.2) is 0 Å². The smallest absolute Gasteiger partial charge is 0.339 e. The minimum atomic E-state index is -0.702. The van der Waals surface area contributed by atoms with E-state index < -0.39 is 11.5 Å². The zero-order chi connectivity index (χ0) is 18.0. The van der Waals surface area contributed by atoms with Crippen molar-refractivity contribution >= 4 is 25.2 Å². The summed E-state index contributed by atoms with van der Waals surface area (Å²) in [6, 6.07) is 5.51. The van der Waals surface area contributed by atoms with Gasteiger partial charge in [-0.05, 0) is 31.2 Å². The molecule has 0 saturated carbocycles. The van der Waals surface area contributed by atoms with Crippen LogP contribution in [0.1, 0.15) is 26.4 Å². The number of benzene rings is 1. The summed E-state index contributed by atoms with van der Waals surface area (Å²) in [5.74, 6) is -1.41. The minimum absolute atomic E-state index is 0.0837. The molecule has 1 amide bonds. The van der Waals surface area contributed by atoms with Crippen LogP contribution < -0.4 is 16.3 Å². The van der Waals surface area contributed by atoms with Gasteiger partial charge in [-0.3, -0.25) is 14.2 Å². The Balaban J connectivity index is 2.86. The Bertz CT molecular complexity index is 889. The fraction of sp³-hybridized carbons (Fsp3) is 0.188. The van der Waals surface area contributed by atoms with Gasteiger partial charge in [-0.15, -0.1) is 0 Å². The van der Waals surface area contributed by atoms with E-state index in [1.165, 1.54) is 38.4 Å². The van der Waals surface area contributed by atoms with E-state index in [2.05, 4.69) is 5.32 Å². The number of aromatic nitrogens is 1. The summed E-state index contributed by atoms with van der Waals surface area (Å²) >= 11 is 0. The Labute approximate surface area is 139 Å². The van der Waals surface area contributed by atoms with E-state index in [-0.39, 0.29) is 33.9 Å². The summed E-state index contributed by atoms with van der Waals surface area (Å²) in [5, 5.41) is 12.1. The summed E-state index contributed by atoms with van der Waals surface area (Å²) < 4.78 is 5.87. The number of nitrogens with zero attached hydrogens (tertiary/aromatic N) is 1. The molecule has 0 fully saturated rings. The molecule has 0 aliphatic carbocycles. The van der Waals surface area contributed by atoms with E-state index in [9.17, 15) is 19.5 Å². The molecular weight excluding hydrogens is 311 g/mol. The third-order valence-electron chi connectivity index (χ3n) is 3.54. The normalized spacial score (nSPS) is 10.3. The van der Waals surface area contributed by atoms with Crippen LogP contribution in [0.5, 0.6) is 5.75 Å². The molecule has 1 heterocycles. The maximum Gasteiger partial charge on any atom is 0.339 e. The highest BCUT2D eigenvalue weighted by atomic mass is 16.5. The number of carbonyl (C=O) groups excluding carboxylic acids is 2. The SMILES string of the molecule is [B]c1c(O)cc(C)n(-c2cc(C(=O)NC)ccc2C(=O)OC)c1=O. The van der Waals surface area contributed by atoms with Gasteiger partial charge < -0.3 is 15.2 Å². The summed E-state index contributed by atoms with van der Waals surface area (Å²) in [7, 11) is 8.27. The van der Waals surface area contributed by atoms with Crippen molar-refractivity contribution in [3.63, 3.8) is 0 Å². The highest BCUT2D eigenvalue weighted by Gasteiger charge is 2.19. The van der Waals surface area contributed by atoms with Gasteiger partial charge in [-0.1, -0.05) is 0 Å². The second-order valence-corrected chi connectivity index (χ2v) is 5.03. The first-order valence-electron chi connectivity index (χ1n) is 6.97. The zero-order valence-corrected chi connectivity index (χ0v) is 13.4. The molecule has 0 aliphatic heterocycles. The van der Waals surface area contributed by atoms with Gasteiger partial charge in [0.1, 0.15) is 13.6 Å². The topological polar surface area (TPSA) is 97.6 Å². The fourth-order valence-corrected chi connectivity index (χ4v) is 2.31. The molecule has 2 aromatic rings. The number of aromatic hydroxyl groups is 1. The van der Waals surface area contributed by atoms with Crippen molar-refractivity contribution in [2.24, 2.45) is 0 Å². The molecule has 0 aliphatic rings. The molecule has 0 saturated heterocycles. The number of carbonyl (C=O) groups is 2. The summed E-state index contributed by atoms with van der Waals surface area (Å²) in [6.07, 6.45) is 0. The predicted molar refractivity (Wildman–Crippen MR) is 88.6 cm³/mol. The fourth-order valence-electron chi connectivity index (χ4n) is 2.31.